The smallest absolute Gasteiger partial charge is 0.192 e. The normalized spacial score (nSPS) is 11.4. The van der Waals surface area contributed by atoms with E-state index >= 15 is 0 Å². The molecule has 0 amide bonds. The van der Waals surface area contributed by atoms with Gasteiger partial charge in [-0.25, -0.2) is 0 Å². The maximum atomic E-state index is 12.7. The standard InChI is InChI=1S/C14H10F3NS/c1-8-9(2)19-13(12(8)7-18)10-4-3-5-11(6-10)14(15,16)17/h3-6H,1-2H3. The first kappa shape index (κ1) is 13.6. The maximum absolute atomic E-state index is 12.7. The Kier molecular flexibility index (Phi) is 3.38. The fraction of sp³-hybridized carbons (Fsp3) is 0.214. The van der Waals surface area contributed by atoms with Gasteiger partial charge >= 0.3 is 6.18 Å². The van der Waals surface area contributed by atoms with Crippen LogP contribution in [0, 0.1) is 25.2 Å². The van der Waals surface area contributed by atoms with E-state index in [1.165, 1.54) is 17.4 Å². The Labute approximate surface area is 112 Å². The lowest BCUT2D eigenvalue weighted by atomic mass is 10.0. The van der Waals surface area contributed by atoms with Gasteiger partial charge in [-0.3, -0.25) is 0 Å². The van der Waals surface area contributed by atoms with Gasteiger partial charge in [0.05, 0.1) is 16.0 Å². The van der Waals surface area contributed by atoms with E-state index in [0.29, 0.717) is 16.0 Å². The average molecular weight is 281 g/mol. The number of halogens is 3. The minimum absolute atomic E-state index is 0.438. The molecule has 1 nitrogen and oxygen atoms in total. The number of rotatable bonds is 1. The van der Waals surface area contributed by atoms with Gasteiger partial charge in [-0.2, -0.15) is 18.4 Å². The van der Waals surface area contributed by atoms with Gasteiger partial charge in [0.1, 0.15) is 6.07 Å². The quantitative estimate of drug-likeness (QED) is 0.727. The third-order valence-corrected chi connectivity index (χ3v) is 4.21. The van der Waals surface area contributed by atoms with Gasteiger partial charge in [0.2, 0.25) is 0 Å². The summed E-state index contributed by atoms with van der Waals surface area (Å²) < 4.78 is 38.1. The number of benzene rings is 1. The Hall–Kier alpha value is -1.80. The first-order chi connectivity index (χ1) is 8.84. The van der Waals surface area contributed by atoms with Gasteiger partial charge in [0.25, 0.3) is 0 Å². The molecule has 0 fully saturated rings. The molecule has 98 valence electrons. The first-order valence-corrected chi connectivity index (χ1v) is 6.34. The minimum Gasteiger partial charge on any atom is -0.192 e. The molecule has 0 aliphatic rings. The van der Waals surface area contributed by atoms with Crippen LogP contribution in [-0.2, 0) is 6.18 Å². The van der Waals surface area contributed by atoms with Gasteiger partial charge in [0.15, 0.2) is 0 Å². The van der Waals surface area contributed by atoms with Crippen LogP contribution in [0.3, 0.4) is 0 Å². The maximum Gasteiger partial charge on any atom is 0.416 e. The lowest BCUT2D eigenvalue weighted by Crippen LogP contribution is -2.04. The highest BCUT2D eigenvalue weighted by molar-refractivity contribution is 7.15. The third kappa shape index (κ3) is 2.49. The summed E-state index contributed by atoms with van der Waals surface area (Å²) in [5.41, 5.74) is 1.03. The van der Waals surface area contributed by atoms with E-state index in [9.17, 15) is 13.2 Å². The predicted molar refractivity (Wildman–Crippen MR) is 68.9 cm³/mol. The molecule has 0 spiro atoms. The Morgan fingerprint density at radius 3 is 2.47 bits per heavy atom. The summed E-state index contributed by atoms with van der Waals surface area (Å²) in [5.74, 6) is 0. The summed E-state index contributed by atoms with van der Waals surface area (Å²) in [6.07, 6.45) is -4.37. The summed E-state index contributed by atoms with van der Waals surface area (Å²) in [7, 11) is 0. The topological polar surface area (TPSA) is 23.8 Å². The van der Waals surface area contributed by atoms with Crippen molar-refractivity contribution in [1.82, 2.24) is 0 Å². The molecule has 0 saturated carbocycles. The molecule has 0 N–H and O–H groups in total. The van der Waals surface area contributed by atoms with Crippen molar-refractivity contribution < 1.29 is 13.2 Å². The number of thiophene rings is 1. The largest absolute Gasteiger partial charge is 0.416 e. The molecule has 0 aliphatic heterocycles. The summed E-state index contributed by atoms with van der Waals surface area (Å²) in [5, 5.41) is 9.14. The SMILES string of the molecule is Cc1sc(-c2cccc(C(F)(F)F)c2)c(C#N)c1C. The highest BCUT2D eigenvalue weighted by Gasteiger charge is 2.30. The van der Waals surface area contributed by atoms with Gasteiger partial charge < -0.3 is 0 Å². The van der Waals surface area contributed by atoms with Crippen LogP contribution in [0.15, 0.2) is 24.3 Å². The summed E-state index contributed by atoms with van der Waals surface area (Å²) >= 11 is 1.35. The Balaban J connectivity index is 2.61. The van der Waals surface area contributed by atoms with Crippen molar-refractivity contribution in [3.63, 3.8) is 0 Å². The van der Waals surface area contributed by atoms with Crippen LogP contribution in [0.5, 0.6) is 0 Å². The van der Waals surface area contributed by atoms with Gasteiger partial charge in [0, 0.05) is 4.88 Å². The molecule has 1 heterocycles. The summed E-state index contributed by atoms with van der Waals surface area (Å²) in [4.78, 5) is 1.55. The second-order valence-electron chi connectivity index (χ2n) is 4.18. The predicted octanol–water partition coefficient (Wildman–Crippen LogP) is 4.92. The Morgan fingerprint density at radius 1 is 1.21 bits per heavy atom. The molecular weight excluding hydrogens is 271 g/mol. The van der Waals surface area contributed by atoms with E-state index < -0.39 is 11.7 Å². The molecule has 2 rings (SSSR count). The molecular formula is C14H10F3NS. The molecule has 0 bridgehead atoms. The minimum atomic E-state index is -4.37. The molecule has 19 heavy (non-hydrogen) atoms. The first-order valence-electron chi connectivity index (χ1n) is 5.52. The van der Waals surface area contributed by atoms with Gasteiger partial charge in [-0.15, -0.1) is 11.3 Å². The van der Waals surface area contributed by atoms with Gasteiger partial charge in [-0.1, -0.05) is 12.1 Å². The molecule has 0 saturated heterocycles. The lowest BCUT2D eigenvalue weighted by Gasteiger charge is -2.08. The highest BCUT2D eigenvalue weighted by atomic mass is 32.1. The number of hydrogen-bond donors (Lipinski definition) is 0. The van der Waals surface area contributed by atoms with Crippen LogP contribution in [0.4, 0.5) is 13.2 Å². The van der Waals surface area contributed by atoms with E-state index in [1.54, 1.807) is 6.07 Å². The van der Waals surface area contributed by atoms with Crippen LogP contribution in [-0.4, -0.2) is 0 Å². The Morgan fingerprint density at radius 2 is 1.89 bits per heavy atom. The number of hydrogen-bond acceptors (Lipinski definition) is 2. The van der Waals surface area contributed by atoms with Crippen molar-refractivity contribution in [3.8, 4) is 16.5 Å². The van der Waals surface area contributed by atoms with Crippen molar-refractivity contribution in [2.24, 2.45) is 0 Å². The Bertz CT molecular complexity index is 662. The highest BCUT2D eigenvalue weighted by Crippen LogP contribution is 2.38. The van der Waals surface area contributed by atoms with E-state index in [-0.39, 0.29) is 0 Å². The average Bonchev–Trinajstić information content (AvgIpc) is 2.64. The molecule has 0 aliphatic carbocycles. The van der Waals surface area contributed by atoms with Crippen LogP contribution in [0.2, 0.25) is 0 Å². The van der Waals surface area contributed by atoms with Crippen molar-refractivity contribution in [2.45, 2.75) is 20.0 Å². The second kappa shape index (κ2) is 4.71. The lowest BCUT2D eigenvalue weighted by molar-refractivity contribution is -0.137. The second-order valence-corrected chi connectivity index (χ2v) is 5.40. The number of alkyl halides is 3. The third-order valence-electron chi connectivity index (χ3n) is 2.95. The van der Waals surface area contributed by atoms with Crippen molar-refractivity contribution >= 4 is 11.3 Å². The zero-order valence-corrected chi connectivity index (χ0v) is 11.1. The summed E-state index contributed by atoms with van der Waals surface area (Å²) in [6.45, 7) is 3.67. The summed E-state index contributed by atoms with van der Waals surface area (Å²) in [6, 6.07) is 7.15. The fourth-order valence-electron chi connectivity index (χ4n) is 1.80. The van der Waals surface area contributed by atoms with Crippen LogP contribution in [0.25, 0.3) is 10.4 Å². The monoisotopic (exact) mass is 281 g/mol. The molecule has 0 unspecified atom stereocenters. The van der Waals surface area contributed by atoms with Crippen molar-refractivity contribution in [3.05, 3.63) is 45.8 Å². The molecule has 5 heteroatoms. The van der Waals surface area contributed by atoms with E-state index in [1.807, 2.05) is 13.8 Å². The number of aryl methyl sites for hydroxylation is 1. The molecule has 0 atom stereocenters. The van der Waals surface area contributed by atoms with Crippen molar-refractivity contribution in [1.29, 1.82) is 5.26 Å². The van der Waals surface area contributed by atoms with Crippen LogP contribution in [0.1, 0.15) is 21.6 Å². The molecule has 1 aromatic heterocycles. The number of nitriles is 1. The molecule has 0 radical (unpaired) electrons. The van der Waals surface area contributed by atoms with E-state index in [0.717, 1.165) is 22.6 Å². The fourth-order valence-corrected chi connectivity index (χ4v) is 2.91. The van der Waals surface area contributed by atoms with Crippen LogP contribution >= 0.6 is 11.3 Å². The van der Waals surface area contributed by atoms with E-state index in [4.69, 9.17) is 5.26 Å². The molecule has 2 aromatic rings. The van der Waals surface area contributed by atoms with Crippen LogP contribution < -0.4 is 0 Å². The van der Waals surface area contributed by atoms with E-state index in [2.05, 4.69) is 6.07 Å². The van der Waals surface area contributed by atoms with Crippen molar-refractivity contribution in [2.75, 3.05) is 0 Å². The zero-order chi connectivity index (χ0) is 14.2. The zero-order valence-electron chi connectivity index (χ0n) is 10.3. The number of nitrogens with zero attached hydrogens (tertiary/aromatic N) is 1. The molecule has 1 aromatic carbocycles. The van der Waals surface area contributed by atoms with Gasteiger partial charge in [-0.05, 0) is 37.1 Å².